The van der Waals surface area contributed by atoms with Crippen LogP contribution in [0.3, 0.4) is 0 Å². The second-order valence-corrected chi connectivity index (χ2v) is 5.60. The summed E-state index contributed by atoms with van der Waals surface area (Å²) < 4.78 is 0. The van der Waals surface area contributed by atoms with E-state index in [0.29, 0.717) is 6.04 Å². The number of hydrogen-bond acceptors (Lipinski definition) is 2. The highest BCUT2D eigenvalue weighted by Gasteiger charge is 2.14. The van der Waals surface area contributed by atoms with Crippen LogP contribution in [0.5, 0.6) is 0 Å². The Balaban J connectivity index is 2.02. The van der Waals surface area contributed by atoms with Crippen molar-refractivity contribution in [2.75, 3.05) is 18.4 Å². The van der Waals surface area contributed by atoms with E-state index < -0.39 is 0 Å². The molecule has 0 unspecified atom stereocenters. The Morgan fingerprint density at radius 1 is 1.05 bits per heavy atom. The maximum Gasteiger partial charge on any atom is 0.0388 e. The number of nitrogens with zero attached hydrogens (tertiary/aromatic N) is 1. The second kappa shape index (κ2) is 7.54. The summed E-state index contributed by atoms with van der Waals surface area (Å²) in [6.07, 6.45) is 6.85. The zero-order valence-corrected chi connectivity index (χ0v) is 12.5. The normalized spacial score (nSPS) is 16.8. The summed E-state index contributed by atoms with van der Waals surface area (Å²) in [5.74, 6) is 0. The van der Waals surface area contributed by atoms with Crippen LogP contribution in [0.4, 0.5) is 5.69 Å². The van der Waals surface area contributed by atoms with Gasteiger partial charge in [-0.15, -0.1) is 0 Å². The standard InChI is InChI=1S/C17H28N2/c1-3-19(4-2)14-15-10-8-9-13-17(15)18-16-11-6-5-7-12-16/h8-10,13,16,18H,3-7,11-12,14H2,1-2H3. The molecule has 0 radical (unpaired) electrons. The number of anilines is 1. The van der Waals surface area contributed by atoms with E-state index in [9.17, 15) is 0 Å². The van der Waals surface area contributed by atoms with Gasteiger partial charge in [-0.1, -0.05) is 51.3 Å². The number of para-hydroxylation sites is 1. The summed E-state index contributed by atoms with van der Waals surface area (Å²) in [4.78, 5) is 2.47. The van der Waals surface area contributed by atoms with Gasteiger partial charge in [0.25, 0.3) is 0 Å². The van der Waals surface area contributed by atoms with Crippen LogP contribution < -0.4 is 5.32 Å². The first kappa shape index (κ1) is 14.4. The molecule has 1 saturated carbocycles. The minimum atomic E-state index is 0.687. The lowest BCUT2D eigenvalue weighted by Gasteiger charge is -2.26. The molecule has 0 bridgehead atoms. The van der Waals surface area contributed by atoms with Crippen molar-refractivity contribution < 1.29 is 0 Å². The molecule has 1 N–H and O–H groups in total. The van der Waals surface area contributed by atoms with Crippen molar-refractivity contribution >= 4 is 5.69 Å². The van der Waals surface area contributed by atoms with Crippen LogP contribution in [0, 0.1) is 0 Å². The van der Waals surface area contributed by atoms with Gasteiger partial charge in [0.05, 0.1) is 0 Å². The molecule has 1 aliphatic carbocycles. The van der Waals surface area contributed by atoms with Gasteiger partial charge in [-0.05, 0) is 37.6 Å². The van der Waals surface area contributed by atoms with Crippen LogP contribution >= 0.6 is 0 Å². The van der Waals surface area contributed by atoms with Crippen molar-refractivity contribution in [3.63, 3.8) is 0 Å². The van der Waals surface area contributed by atoms with Crippen LogP contribution in [0.1, 0.15) is 51.5 Å². The summed E-state index contributed by atoms with van der Waals surface area (Å²) >= 11 is 0. The van der Waals surface area contributed by atoms with E-state index in [1.807, 2.05) is 0 Å². The van der Waals surface area contributed by atoms with Gasteiger partial charge in [0, 0.05) is 18.3 Å². The minimum absolute atomic E-state index is 0.687. The van der Waals surface area contributed by atoms with Crippen molar-refractivity contribution in [3.8, 4) is 0 Å². The van der Waals surface area contributed by atoms with Gasteiger partial charge in [-0.2, -0.15) is 0 Å². The molecule has 0 saturated heterocycles. The van der Waals surface area contributed by atoms with Gasteiger partial charge in [0.2, 0.25) is 0 Å². The van der Waals surface area contributed by atoms with Gasteiger partial charge in [-0.3, -0.25) is 4.90 Å². The largest absolute Gasteiger partial charge is 0.382 e. The highest BCUT2D eigenvalue weighted by atomic mass is 15.1. The zero-order valence-electron chi connectivity index (χ0n) is 12.5. The molecule has 1 aromatic rings. The predicted octanol–water partition coefficient (Wildman–Crippen LogP) is 4.27. The summed E-state index contributed by atoms with van der Waals surface area (Å²) in [5.41, 5.74) is 2.79. The Morgan fingerprint density at radius 2 is 1.74 bits per heavy atom. The van der Waals surface area contributed by atoms with Crippen molar-refractivity contribution in [2.24, 2.45) is 0 Å². The fourth-order valence-corrected chi connectivity index (χ4v) is 2.95. The highest BCUT2D eigenvalue weighted by Crippen LogP contribution is 2.24. The van der Waals surface area contributed by atoms with E-state index in [1.165, 1.54) is 43.4 Å². The first-order valence-corrected chi connectivity index (χ1v) is 7.90. The predicted molar refractivity (Wildman–Crippen MR) is 83.6 cm³/mol. The van der Waals surface area contributed by atoms with Gasteiger partial charge in [0.15, 0.2) is 0 Å². The smallest absolute Gasteiger partial charge is 0.0388 e. The molecular formula is C17H28N2. The molecule has 19 heavy (non-hydrogen) atoms. The molecule has 0 aromatic heterocycles. The maximum atomic E-state index is 3.78. The second-order valence-electron chi connectivity index (χ2n) is 5.60. The van der Waals surface area contributed by atoms with Crippen LogP contribution in [-0.4, -0.2) is 24.0 Å². The fourth-order valence-electron chi connectivity index (χ4n) is 2.95. The number of nitrogens with one attached hydrogen (secondary N) is 1. The average molecular weight is 260 g/mol. The Labute approximate surface area is 118 Å². The number of benzene rings is 1. The topological polar surface area (TPSA) is 15.3 Å². The summed E-state index contributed by atoms with van der Waals surface area (Å²) in [7, 11) is 0. The summed E-state index contributed by atoms with van der Waals surface area (Å²) in [5, 5.41) is 3.78. The van der Waals surface area contributed by atoms with Gasteiger partial charge >= 0.3 is 0 Å². The van der Waals surface area contributed by atoms with Crippen molar-refractivity contribution in [3.05, 3.63) is 29.8 Å². The average Bonchev–Trinajstić information content (AvgIpc) is 2.47. The third-order valence-corrected chi connectivity index (χ3v) is 4.27. The highest BCUT2D eigenvalue weighted by molar-refractivity contribution is 5.51. The molecule has 2 heteroatoms. The third-order valence-electron chi connectivity index (χ3n) is 4.27. The third kappa shape index (κ3) is 4.24. The molecule has 2 nitrogen and oxygen atoms in total. The first-order valence-electron chi connectivity index (χ1n) is 7.90. The molecule has 1 aliphatic rings. The SMILES string of the molecule is CCN(CC)Cc1ccccc1NC1CCCCC1. The van der Waals surface area contributed by atoms with Crippen LogP contribution in [0.25, 0.3) is 0 Å². The van der Waals surface area contributed by atoms with Crippen molar-refractivity contribution in [1.29, 1.82) is 0 Å². The summed E-state index contributed by atoms with van der Waals surface area (Å²) in [6.45, 7) is 7.77. The maximum absolute atomic E-state index is 3.78. The molecule has 0 atom stereocenters. The molecule has 0 amide bonds. The molecule has 1 aromatic carbocycles. The van der Waals surface area contributed by atoms with Gasteiger partial charge in [0.1, 0.15) is 0 Å². The van der Waals surface area contributed by atoms with Gasteiger partial charge in [-0.25, -0.2) is 0 Å². The zero-order chi connectivity index (χ0) is 13.5. The van der Waals surface area contributed by atoms with Crippen molar-refractivity contribution in [2.45, 2.75) is 58.5 Å². The fraction of sp³-hybridized carbons (Fsp3) is 0.647. The molecule has 0 aliphatic heterocycles. The van der Waals surface area contributed by atoms with Crippen molar-refractivity contribution in [1.82, 2.24) is 4.90 Å². The van der Waals surface area contributed by atoms with E-state index in [-0.39, 0.29) is 0 Å². The Hall–Kier alpha value is -1.02. The van der Waals surface area contributed by atoms with Gasteiger partial charge < -0.3 is 5.32 Å². The van der Waals surface area contributed by atoms with Crippen LogP contribution in [0.2, 0.25) is 0 Å². The van der Waals surface area contributed by atoms with Crippen LogP contribution in [0.15, 0.2) is 24.3 Å². The Bertz CT molecular complexity index is 365. The van der Waals surface area contributed by atoms with E-state index in [0.717, 1.165) is 19.6 Å². The lowest BCUT2D eigenvalue weighted by molar-refractivity contribution is 0.296. The van der Waals surface area contributed by atoms with E-state index >= 15 is 0 Å². The lowest BCUT2D eigenvalue weighted by Crippen LogP contribution is -2.25. The Kier molecular flexibility index (Phi) is 5.71. The monoisotopic (exact) mass is 260 g/mol. The molecular weight excluding hydrogens is 232 g/mol. The molecule has 0 spiro atoms. The molecule has 1 fully saturated rings. The minimum Gasteiger partial charge on any atom is -0.382 e. The number of hydrogen-bond donors (Lipinski definition) is 1. The van der Waals surface area contributed by atoms with E-state index in [4.69, 9.17) is 0 Å². The van der Waals surface area contributed by atoms with Crippen LogP contribution in [-0.2, 0) is 6.54 Å². The summed E-state index contributed by atoms with van der Waals surface area (Å²) in [6, 6.07) is 9.50. The number of rotatable bonds is 6. The molecule has 0 heterocycles. The Morgan fingerprint density at radius 3 is 2.42 bits per heavy atom. The molecule has 2 rings (SSSR count). The quantitative estimate of drug-likeness (QED) is 0.821. The first-order chi connectivity index (χ1) is 9.33. The lowest BCUT2D eigenvalue weighted by atomic mass is 9.95. The van der Waals surface area contributed by atoms with E-state index in [2.05, 4.69) is 48.3 Å². The molecule has 106 valence electrons. The van der Waals surface area contributed by atoms with E-state index in [1.54, 1.807) is 0 Å².